The molecule has 2 heterocycles. The SMILES string of the molecule is c1cc(OCC2CO2)cc(-c2nccs2)c1. The maximum atomic E-state index is 5.62. The summed E-state index contributed by atoms with van der Waals surface area (Å²) in [6.45, 7) is 1.47. The molecule has 1 atom stereocenters. The minimum absolute atomic E-state index is 0.295. The number of thiazole rings is 1. The Labute approximate surface area is 97.7 Å². The zero-order valence-corrected chi connectivity index (χ0v) is 9.44. The molecule has 1 aromatic carbocycles. The molecule has 3 rings (SSSR count). The monoisotopic (exact) mass is 233 g/mol. The molecule has 0 spiro atoms. The van der Waals surface area contributed by atoms with Crippen LogP contribution in [0.3, 0.4) is 0 Å². The predicted molar refractivity (Wildman–Crippen MR) is 62.8 cm³/mol. The van der Waals surface area contributed by atoms with Crippen molar-refractivity contribution in [3.05, 3.63) is 35.8 Å². The summed E-state index contributed by atoms with van der Waals surface area (Å²) in [7, 11) is 0. The van der Waals surface area contributed by atoms with Crippen molar-refractivity contribution in [2.45, 2.75) is 6.10 Å². The molecule has 0 aliphatic carbocycles. The predicted octanol–water partition coefficient (Wildman–Crippen LogP) is 2.59. The van der Waals surface area contributed by atoms with Crippen LogP contribution >= 0.6 is 11.3 Å². The van der Waals surface area contributed by atoms with Gasteiger partial charge in [-0.25, -0.2) is 4.98 Å². The van der Waals surface area contributed by atoms with Crippen molar-refractivity contribution in [3.8, 4) is 16.3 Å². The summed E-state index contributed by atoms with van der Waals surface area (Å²) in [5.74, 6) is 0.878. The highest BCUT2D eigenvalue weighted by atomic mass is 32.1. The molecular weight excluding hydrogens is 222 g/mol. The molecule has 1 unspecified atom stereocenters. The van der Waals surface area contributed by atoms with E-state index in [1.54, 1.807) is 11.3 Å². The van der Waals surface area contributed by atoms with E-state index in [-0.39, 0.29) is 0 Å². The third kappa shape index (κ3) is 2.23. The molecule has 1 aliphatic heterocycles. The lowest BCUT2D eigenvalue weighted by Gasteiger charge is -2.05. The Morgan fingerprint density at radius 2 is 2.44 bits per heavy atom. The Hall–Kier alpha value is -1.39. The first-order valence-corrected chi connectivity index (χ1v) is 6.04. The van der Waals surface area contributed by atoms with Crippen molar-refractivity contribution in [2.24, 2.45) is 0 Å². The zero-order valence-electron chi connectivity index (χ0n) is 8.63. The normalized spacial score (nSPS) is 18.4. The molecular formula is C12H11NO2S. The first-order chi connectivity index (χ1) is 7.92. The van der Waals surface area contributed by atoms with Crippen LogP contribution in [0.25, 0.3) is 10.6 Å². The molecule has 4 heteroatoms. The van der Waals surface area contributed by atoms with Crippen molar-refractivity contribution in [3.63, 3.8) is 0 Å². The van der Waals surface area contributed by atoms with Gasteiger partial charge in [0.2, 0.25) is 0 Å². The second-order valence-corrected chi connectivity index (χ2v) is 4.53. The van der Waals surface area contributed by atoms with E-state index in [1.807, 2.05) is 35.8 Å². The van der Waals surface area contributed by atoms with Gasteiger partial charge < -0.3 is 9.47 Å². The Kier molecular flexibility index (Phi) is 2.60. The van der Waals surface area contributed by atoms with Gasteiger partial charge in [0.25, 0.3) is 0 Å². The number of benzene rings is 1. The highest BCUT2D eigenvalue weighted by Gasteiger charge is 2.23. The molecule has 0 amide bonds. The van der Waals surface area contributed by atoms with E-state index in [1.165, 1.54) is 0 Å². The molecule has 0 radical (unpaired) electrons. The van der Waals surface area contributed by atoms with Gasteiger partial charge >= 0.3 is 0 Å². The van der Waals surface area contributed by atoms with E-state index in [2.05, 4.69) is 4.98 Å². The van der Waals surface area contributed by atoms with Gasteiger partial charge in [-0.2, -0.15) is 0 Å². The van der Waals surface area contributed by atoms with Crippen LogP contribution in [0.1, 0.15) is 0 Å². The van der Waals surface area contributed by atoms with Crippen LogP contribution in [0.2, 0.25) is 0 Å². The molecule has 1 aromatic heterocycles. The molecule has 16 heavy (non-hydrogen) atoms. The van der Waals surface area contributed by atoms with E-state index in [0.29, 0.717) is 12.7 Å². The summed E-state index contributed by atoms with van der Waals surface area (Å²) < 4.78 is 10.7. The number of aromatic nitrogens is 1. The highest BCUT2D eigenvalue weighted by molar-refractivity contribution is 7.13. The molecule has 1 aliphatic rings. The maximum Gasteiger partial charge on any atom is 0.123 e. The molecule has 2 aromatic rings. The lowest BCUT2D eigenvalue weighted by Crippen LogP contribution is -2.03. The Morgan fingerprint density at radius 3 is 3.19 bits per heavy atom. The van der Waals surface area contributed by atoms with Gasteiger partial charge in [-0.1, -0.05) is 12.1 Å². The zero-order chi connectivity index (χ0) is 10.8. The van der Waals surface area contributed by atoms with Crippen molar-refractivity contribution >= 4 is 11.3 Å². The van der Waals surface area contributed by atoms with Gasteiger partial charge in [0.05, 0.1) is 6.61 Å². The van der Waals surface area contributed by atoms with Gasteiger partial charge in [-0.15, -0.1) is 11.3 Å². The highest BCUT2D eigenvalue weighted by Crippen LogP contribution is 2.25. The standard InChI is InChI=1S/C12H11NO2S/c1-2-9(12-13-4-5-16-12)6-10(3-1)14-7-11-8-15-11/h1-6,11H,7-8H2. The van der Waals surface area contributed by atoms with E-state index in [0.717, 1.165) is 22.9 Å². The van der Waals surface area contributed by atoms with E-state index < -0.39 is 0 Å². The largest absolute Gasteiger partial charge is 0.491 e. The molecule has 1 saturated heterocycles. The van der Waals surface area contributed by atoms with E-state index in [4.69, 9.17) is 9.47 Å². The van der Waals surface area contributed by atoms with Gasteiger partial charge in [0.15, 0.2) is 0 Å². The van der Waals surface area contributed by atoms with Crippen LogP contribution in [0.5, 0.6) is 5.75 Å². The quantitative estimate of drug-likeness (QED) is 0.761. The summed E-state index contributed by atoms with van der Waals surface area (Å²) in [5.41, 5.74) is 1.10. The molecule has 0 saturated carbocycles. The second kappa shape index (κ2) is 4.23. The van der Waals surface area contributed by atoms with Crippen molar-refractivity contribution < 1.29 is 9.47 Å². The summed E-state index contributed by atoms with van der Waals surface area (Å²) in [5, 5.41) is 2.99. The van der Waals surface area contributed by atoms with Gasteiger partial charge in [-0.3, -0.25) is 0 Å². The van der Waals surface area contributed by atoms with Gasteiger partial charge in [0.1, 0.15) is 23.5 Å². The van der Waals surface area contributed by atoms with Crippen molar-refractivity contribution in [1.82, 2.24) is 4.98 Å². The third-order valence-corrected chi connectivity index (χ3v) is 3.17. The van der Waals surface area contributed by atoms with Crippen LogP contribution in [-0.4, -0.2) is 24.3 Å². The van der Waals surface area contributed by atoms with E-state index in [9.17, 15) is 0 Å². The average molecular weight is 233 g/mol. The minimum Gasteiger partial charge on any atom is -0.491 e. The summed E-state index contributed by atoms with van der Waals surface area (Å²) in [4.78, 5) is 4.27. The lowest BCUT2D eigenvalue weighted by atomic mass is 10.2. The summed E-state index contributed by atoms with van der Waals surface area (Å²) in [6.07, 6.45) is 2.11. The first-order valence-electron chi connectivity index (χ1n) is 5.16. The van der Waals surface area contributed by atoms with Crippen LogP contribution in [0, 0.1) is 0 Å². The Bertz CT molecular complexity index is 466. The van der Waals surface area contributed by atoms with Crippen LogP contribution in [0.15, 0.2) is 35.8 Å². The number of hydrogen-bond acceptors (Lipinski definition) is 4. The molecule has 0 N–H and O–H groups in total. The molecule has 3 nitrogen and oxygen atoms in total. The fourth-order valence-electron chi connectivity index (χ4n) is 1.44. The fraction of sp³-hybridized carbons (Fsp3) is 0.250. The number of hydrogen-bond donors (Lipinski definition) is 0. The summed E-state index contributed by atoms with van der Waals surface area (Å²) in [6, 6.07) is 8.00. The van der Waals surface area contributed by atoms with E-state index >= 15 is 0 Å². The number of epoxide rings is 1. The van der Waals surface area contributed by atoms with Crippen LogP contribution in [-0.2, 0) is 4.74 Å². The molecule has 82 valence electrons. The van der Waals surface area contributed by atoms with Crippen LogP contribution < -0.4 is 4.74 Å². The number of ether oxygens (including phenoxy) is 2. The van der Waals surface area contributed by atoms with Crippen molar-refractivity contribution in [2.75, 3.05) is 13.2 Å². The van der Waals surface area contributed by atoms with Gasteiger partial charge in [-0.05, 0) is 12.1 Å². The topological polar surface area (TPSA) is 34.6 Å². The Balaban J connectivity index is 1.76. The molecule has 1 fully saturated rings. The molecule has 0 bridgehead atoms. The number of nitrogens with zero attached hydrogens (tertiary/aromatic N) is 1. The van der Waals surface area contributed by atoms with Crippen molar-refractivity contribution in [1.29, 1.82) is 0 Å². The lowest BCUT2D eigenvalue weighted by molar-refractivity contribution is 0.263. The smallest absolute Gasteiger partial charge is 0.123 e. The first kappa shape index (κ1) is 9.81. The maximum absolute atomic E-state index is 5.62. The third-order valence-electron chi connectivity index (χ3n) is 2.35. The Morgan fingerprint density at radius 1 is 1.50 bits per heavy atom. The second-order valence-electron chi connectivity index (χ2n) is 3.63. The van der Waals surface area contributed by atoms with Crippen LogP contribution in [0.4, 0.5) is 0 Å². The van der Waals surface area contributed by atoms with Gasteiger partial charge in [0, 0.05) is 17.1 Å². The average Bonchev–Trinajstić information content (AvgIpc) is 2.99. The summed E-state index contributed by atoms with van der Waals surface area (Å²) >= 11 is 1.63. The number of rotatable bonds is 4. The fourth-order valence-corrected chi connectivity index (χ4v) is 2.07. The minimum atomic E-state index is 0.295.